The number of nitrogens with zero attached hydrogens (tertiary/aromatic N) is 1. The van der Waals surface area contributed by atoms with Crippen molar-refractivity contribution in [2.45, 2.75) is 13.0 Å². The van der Waals surface area contributed by atoms with Crippen LogP contribution in [0.2, 0.25) is 0 Å². The first-order chi connectivity index (χ1) is 7.18. The van der Waals surface area contributed by atoms with E-state index in [2.05, 4.69) is 11.4 Å². The van der Waals surface area contributed by atoms with Gasteiger partial charge in [-0.25, -0.2) is 0 Å². The van der Waals surface area contributed by atoms with Gasteiger partial charge >= 0.3 is 0 Å². The van der Waals surface area contributed by atoms with Crippen molar-refractivity contribution in [1.82, 2.24) is 10.2 Å². The van der Waals surface area contributed by atoms with Crippen LogP contribution in [0.25, 0.3) is 0 Å². The summed E-state index contributed by atoms with van der Waals surface area (Å²) < 4.78 is 0. The molecule has 1 aliphatic heterocycles. The zero-order valence-electron chi connectivity index (χ0n) is 9.21. The van der Waals surface area contributed by atoms with Gasteiger partial charge < -0.3 is 10.2 Å². The van der Waals surface area contributed by atoms with Crippen molar-refractivity contribution < 1.29 is 4.79 Å². The topological polar surface area (TPSA) is 32.3 Å². The van der Waals surface area contributed by atoms with Crippen LogP contribution in [0.1, 0.15) is 21.5 Å². The van der Waals surface area contributed by atoms with Gasteiger partial charge in [0.1, 0.15) is 0 Å². The molecule has 0 fully saturated rings. The summed E-state index contributed by atoms with van der Waals surface area (Å²) in [6.45, 7) is 1.91. The Hall–Kier alpha value is -1.35. The Morgan fingerprint density at radius 1 is 1.33 bits per heavy atom. The predicted octanol–water partition coefficient (Wildman–Crippen LogP) is 1.03. The first-order valence-corrected chi connectivity index (χ1v) is 5.22. The van der Waals surface area contributed by atoms with Crippen molar-refractivity contribution in [3.8, 4) is 0 Å². The van der Waals surface area contributed by atoms with Crippen LogP contribution in [-0.2, 0) is 13.0 Å². The summed E-state index contributed by atoms with van der Waals surface area (Å²) in [4.78, 5) is 13.3. The number of fused-ring (bicyclic) bond motifs is 1. The van der Waals surface area contributed by atoms with E-state index in [1.165, 1.54) is 11.1 Å². The van der Waals surface area contributed by atoms with Gasteiger partial charge in [0.05, 0.1) is 0 Å². The molecule has 0 atom stereocenters. The average molecular weight is 204 g/mol. The van der Waals surface area contributed by atoms with Gasteiger partial charge in [0.15, 0.2) is 0 Å². The molecule has 1 heterocycles. The van der Waals surface area contributed by atoms with E-state index in [0.717, 1.165) is 25.1 Å². The molecule has 1 aromatic carbocycles. The maximum Gasteiger partial charge on any atom is 0.253 e. The molecule has 1 N–H and O–H groups in total. The van der Waals surface area contributed by atoms with Crippen molar-refractivity contribution in [2.24, 2.45) is 0 Å². The van der Waals surface area contributed by atoms with Gasteiger partial charge in [0.2, 0.25) is 0 Å². The molecule has 15 heavy (non-hydrogen) atoms. The summed E-state index contributed by atoms with van der Waals surface area (Å²) in [6, 6.07) is 6.00. The lowest BCUT2D eigenvalue weighted by Gasteiger charge is -2.18. The zero-order chi connectivity index (χ0) is 10.8. The van der Waals surface area contributed by atoms with Crippen molar-refractivity contribution >= 4 is 5.91 Å². The lowest BCUT2D eigenvalue weighted by Crippen LogP contribution is -2.25. The molecule has 0 aromatic heterocycles. The summed E-state index contributed by atoms with van der Waals surface area (Å²) in [6.07, 6.45) is 1.06. The van der Waals surface area contributed by atoms with Crippen LogP contribution in [0.5, 0.6) is 0 Å². The maximum atomic E-state index is 11.7. The molecule has 1 aromatic rings. The van der Waals surface area contributed by atoms with E-state index in [0.29, 0.717) is 0 Å². The predicted molar refractivity (Wildman–Crippen MR) is 59.9 cm³/mol. The number of carbonyl (C=O) groups is 1. The number of nitrogens with one attached hydrogen (secondary N) is 1. The number of rotatable bonds is 1. The summed E-state index contributed by atoms with van der Waals surface area (Å²) in [7, 11) is 3.56. The minimum absolute atomic E-state index is 0.0726. The first-order valence-electron chi connectivity index (χ1n) is 5.22. The lowest BCUT2D eigenvalue weighted by atomic mass is 9.98. The van der Waals surface area contributed by atoms with Crippen LogP contribution < -0.4 is 5.32 Å². The second kappa shape index (κ2) is 4.03. The first kappa shape index (κ1) is 10.2. The van der Waals surface area contributed by atoms with Gasteiger partial charge in [0, 0.05) is 26.2 Å². The van der Waals surface area contributed by atoms with Crippen LogP contribution in [0.15, 0.2) is 18.2 Å². The Labute approximate surface area is 90.1 Å². The molecule has 0 radical (unpaired) electrons. The number of benzene rings is 1. The van der Waals surface area contributed by atoms with E-state index in [9.17, 15) is 4.79 Å². The summed E-state index contributed by atoms with van der Waals surface area (Å²) in [5.74, 6) is 0.0726. The minimum Gasteiger partial charge on any atom is -0.345 e. The molecule has 3 heteroatoms. The highest BCUT2D eigenvalue weighted by atomic mass is 16.2. The molecule has 0 saturated heterocycles. The van der Waals surface area contributed by atoms with E-state index in [1.54, 1.807) is 19.0 Å². The molecule has 2 rings (SSSR count). The smallest absolute Gasteiger partial charge is 0.253 e. The fourth-order valence-corrected chi connectivity index (χ4v) is 1.87. The van der Waals surface area contributed by atoms with Gasteiger partial charge in [-0.1, -0.05) is 6.07 Å². The highest BCUT2D eigenvalue weighted by Crippen LogP contribution is 2.16. The second-order valence-corrected chi connectivity index (χ2v) is 4.11. The molecule has 0 unspecified atom stereocenters. The SMILES string of the molecule is CN(C)C(=O)c1ccc2c(c1)CNCC2. The zero-order valence-corrected chi connectivity index (χ0v) is 9.21. The molecule has 1 aliphatic rings. The summed E-state index contributed by atoms with van der Waals surface area (Å²) >= 11 is 0. The van der Waals surface area contributed by atoms with E-state index >= 15 is 0 Å². The van der Waals surface area contributed by atoms with E-state index in [4.69, 9.17) is 0 Å². The molecule has 0 spiro atoms. The van der Waals surface area contributed by atoms with Crippen molar-refractivity contribution in [3.05, 3.63) is 34.9 Å². The lowest BCUT2D eigenvalue weighted by molar-refractivity contribution is 0.0827. The van der Waals surface area contributed by atoms with Crippen LogP contribution >= 0.6 is 0 Å². The Kier molecular flexibility index (Phi) is 2.73. The Bertz CT molecular complexity index is 385. The average Bonchev–Trinajstić information content (AvgIpc) is 2.27. The molecular weight excluding hydrogens is 188 g/mol. The largest absolute Gasteiger partial charge is 0.345 e. The standard InChI is InChI=1S/C12H16N2O/c1-14(2)12(15)10-4-3-9-5-6-13-8-11(9)7-10/h3-4,7,13H,5-6,8H2,1-2H3. The summed E-state index contributed by atoms with van der Waals surface area (Å²) in [5, 5.41) is 3.31. The van der Waals surface area contributed by atoms with Crippen molar-refractivity contribution in [1.29, 1.82) is 0 Å². The number of amides is 1. The third-order valence-electron chi connectivity index (χ3n) is 2.75. The van der Waals surface area contributed by atoms with Crippen LogP contribution in [0.3, 0.4) is 0 Å². The van der Waals surface area contributed by atoms with E-state index in [1.807, 2.05) is 12.1 Å². The Morgan fingerprint density at radius 2 is 2.13 bits per heavy atom. The Balaban J connectivity index is 2.32. The van der Waals surface area contributed by atoms with Crippen LogP contribution in [0.4, 0.5) is 0 Å². The quantitative estimate of drug-likeness (QED) is 0.741. The van der Waals surface area contributed by atoms with E-state index < -0.39 is 0 Å². The number of carbonyl (C=O) groups excluding carboxylic acids is 1. The number of hydrogen-bond acceptors (Lipinski definition) is 2. The van der Waals surface area contributed by atoms with Crippen LogP contribution in [-0.4, -0.2) is 31.4 Å². The highest BCUT2D eigenvalue weighted by molar-refractivity contribution is 5.94. The molecule has 1 amide bonds. The minimum atomic E-state index is 0.0726. The third kappa shape index (κ3) is 2.02. The number of hydrogen-bond donors (Lipinski definition) is 1. The van der Waals surface area contributed by atoms with Gasteiger partial charge in [0.25, 0.3) is 5.91 Å². The normalized spacial score (nSPS) is 14.5. The van der Waals surface area contributed by atoms with Crippen molar-refractivity contribution in [2.75, 3.05) is 20.6 Å². The maximum absolute atomic E-state index is 11.7. The molecular formula is C12H16N2O. The molecule has 0 aliphatic carbocycles. The Morgan fingerprint density at radius 3 is 2.87 bits per heavy atom. The van der Waals surface area contributed by atoms with Crippen molar-refractivity contribution in [3.63, 3.8) is 0 Å². The summed E-state index contributed by atoms with van der Waals surface area (Å²) in [5.41, 5.74) is 3.40. The van der Waals surface area contributed by atoms with Gasteiger partial charge in [-0.2, -0.15) is 0 Å². The third-order valence-corrected chi connectivity index (χ3v) is 2.75. The van der Waals surface area contributed by atoms with Gasteiger partial charge in [-0.15, -0.1) is 0 Å². The highest BCUT2D eigenvalue weighted by Gasteiger charge is 2.13. The fourth-order valence-electron chi connectivity index (χ4n) is 1.87. The molecule has 0 bridgehead atoms. The van der Waals surface area contributed by atoms with Gasteiger partial charge in [-0.05, 0) is 36.2 Å². The molecule has 80 valence electrons. The fraction of sp³-hybridized carbons (Fsp3) is 0.417. The second-order valence-electron chi connectivity index (χ2n) is 4.11. The monoisotopic (exact) mass is 204 g/mol. The van der Waals surface area contributed by atoms with E-state index in [-0.39, 0.29) is 5.91 Å². The van der Waals surface area contributed by atoms with Crippen LogP contribution in [0, 0.1) is 0 Å². The molecule has 0 saturated carbocycles. The molecule has 3 nitrogen and oxygen atoms in total. The van der Waals surface area contributed by atoms with Gasteiger partial charge in [-0.3, -0.25) is 4.79 Å².